The van der Waals surface area contributed by atoms with E-state index < -0.39 is 0 Å². The van der Waals surface area contributed by atoms with Crippen LogP contribution in [0.3, 0.4) is 0 Å². The molecule has 3 atom stereocenters. The molecule has 2 aliphatic heterocycles. The lowest BCUT2D eigenvalue weighted by Crippen LogP contribution is -2.42. The summed E-state index contributed by atoms with van der Waals surface area (Å²) in [4.78, 5) is 14.5. The number of rotatable bonds is 3. The summed E-state index contributed by atoms with van der Waals surface area (Å²) in [5.41, 5.74) is 0.771. The molecule has 2 rings (SSSR count). The Balaban J connectivity index is 2.20. The van der Waals surface area contributed by atoms with Crippen molar-refractivity contribution in [2.75, 3.05) is 6.61 Å². The van der Waals surface area contributed by atoms with Gasteiger partial charge in [-0.3, -0.25) is 4.79 Å². The van der Waals surface area contributed by atoms with E-state index in [9.17, 15) is 4.79 Å². The molecule has 2 saturated heterocycles. The minimum absolute atomic E-state index is 0.000694. The summed E-state index contributed by atoms with van der Waals surface area (Å²) < 4.78 is 5.77. The first-order chi connectivity index (χ1) is 7.85. The van der Waals surface area contributed by atoms with Crippen LogP contribution in [-0.2, 0) is 9.53 Å². The normalized spacial score (nSPS) is 36.8. The summed E-state index contributed by atoms with van der Waals surface area (Å²) in [6, 6.07) is 0.249. The second-order valence-electron chi connectivity index (χ2n) is 6.21. The number of ether oxygens (including phenoxy) is 1. The number of hydrogen-bond acceptors (Lipinski definition) is 2. The van der Waals surface area contributed by atoms with E-state index in [1.807, 2.05) is 18.7 Å². The average molecular weight is 237 g/mol. The van der Waals surface area contributed by atoms with E-state index in [0.29, 0.717) is 12.5 Å². The van der Waals surface area contributed by atoms with Gasteiger partial charge in [0.15, 0.2) is 0 Å². The molecule has 0 aromatic rings. The van der Waals surface area contributed by atoms with Gasteiger partial charge in [0, 0.05) is 6.42 Å². The molecule has 2 fully saturated rings. The van der Waals surface area contributed by atoms with Crippen LogP contribution < -0.4 is 0 Å². The summed E-state index contributed by atoms with van der Waals surface area (Å²) >= 11 is 0. The smallest absolute Gasteiger partial charge is 0.231 e. The summed E-state index contributed by atoms with van der Waals surface area (Å²) in [7, 11) is 0. The van der Waals surface area contributed by atoms with Crippen molar-refractivity contribution >= 4 is 5.91 Å². The largest absolute Gasteiger partial charge is 0.356 e. The Kier molecular flexibility index (Phi) is 3.06. The third kappa shape index (κ3) is 2.01. The van der Waals surface area contributed by atoms with Gasteiger partial charge in [-0.1, -0.05) is 26.3 Å². The van der Waals surface area contributed by atoms with E-state index in [1.54, 1.807) is 0 Å². The fourth-order valence-corrected chi connectivity index (χ4v) is 3.13. The second kappa shape index (κ2) is 4.13. The number of carbonyl (C=O) groups is 1. The van der Waals surface area contributed by atoms with Crippen LogP contribution in [0, 0.1) is 11.3 Å². The Bertz CT molecular complexity index is 350. The lowest BCUT2D eigenvalue weighted by molar-refractivity contribution is -0.138. The Labute approximate surface area is 104 Å². The van der Waals surface area contributed by atoms with Crippen molar-refractivity contribution in [1.29, 1.82) is 0 Å². The van der Waals surface area contributed by atoms with E-state index in [1.165, 1.54) is 0 Å². The Morgan fingerprint density at radius 1 is 1.65 bits per heavy atom. The van der Waals surface area contributed by atoms with Gasteiger partial charge >= 0.3 is 0 Å². The lowest BCUT2D eigenvalue weighted by atomic mass is 9.82. The zero-order valence-electron chi connectivity index (χ0n) is 11.3. The maximum Gasteiger partial charge on any atom is 0.231 e. The van der Waals surface area contributed by atoms with Crippen LogP contribution in [0.4, 0.5) is 0 Å². The first-order valence-corrected chi connectivity index (χ1v) is 6.44. The maximum absolute atomic E-state index is 12.6. The Hall–Kier alpha value is -0.830. The van der Waals surface area contributed by atoms with Gasteiger partial charge in [-0.15, -0.1) is 6.58 Å². The second-order valence-corrected chi connectivity index (χ2v) is 6.21. The molecule has 17 heavy (non-hydrogen) atoms. The number of hydrogen-bond donors (Lipinski definition) is 0. The quantitative estimate of drug-likeness (QED) is 0.706. The summed E-state index contributed by atoms with van der Waals surface area (Å²) in [5, 5.41) is 0. The molecule has 0 unspecified atom stereocenters. The number of amides is 1. The molecule has 3 nitrogen and oxygen atoms in total. The maximum atomic E-state index is 12.6. The topological polar surface area (TPSA) is 29.5 Å². The van der Waals surface area contributed by atoms with E-state index in [0.717, 1.165) is 18.4 Å². The SMILES string of the molecule is C=C(C)C[C@]1(C)C[C@H]2OC[C@H](C(C)C)N2C1=O. The van der Waals surface area contributed by atoms with Crippen molar-refractivity contribution in [2.24, 2.45) is 11.3 Å². The molecule has 0 N–H and O–H groups in total. The van der Waals surface area contributed by atoms with Crippen LogP contribution in [0.1, 0.15) is 40.5 Å². The van der Waals surface area contributed by atoms with Crippen LogP contribution in [-0.4, -0.2) is 29.7 Å². The molecule has 2 aliphatic rings. The summed E-state index contributed by atoms with van der Waals surface area (Å²) in [6.45, 7) is 13.0. The molecule has 0 aromatic carbocycles. The van der Waals surface area contributed by atoms with E-state index in [2.05, 4.69) is 20.4 Å². The molecule has 3 heteroatoms. The first-order valence-electron chi connectivity index (χ1n) is 6.44. The van der Waals surface area contributed by atoms with Gasteiger partial charge < -0.3 is 9.64 Å². The van der Waals surface area contributed by atoms with Crippen LogP contribution in [0.5, 0.6) is 0 Å². The highest BCUT2D eigenvalue weighted by Crippen LogP contribution is 2.45. The highest BCUT2D eigenvalue weighted by Gasteiger charge is 2.54. The molecule has 0 bridgehead atoms. The van der Waals surface area contributed by atoms with Crippen molar-refractivity contribution in [3.05, 3.63) is 12.2 Å². The van der Waals surface area contributed by atoms with Crippen LogP contribution >= 0.6 is 0 Å². The molecule has 0 aliphatic carbocycles. The minimum Gasteiger partial charge on any atom is -0.356 e. The van der Waals surface area contributed by atoms with Gasteiger partial charge in [-0.2, -0.15) is 0 Å². The van der Waals surface area contributed by atoms with Gasteiger partial charge in [0.2, 0.25) is 5.91 Å². The molecule has 96 valence electrons. The third-order valence-electron chi connectivity index (χ3n) is 3.96. The van der Waals surface area contributed by atoms with E-state index in [4.69, 9.17) is 4.74 Å². The minimum atomic E-state index is -0.302. The van der Waals surface area contributed by atoms with Crippen LogP contribution in [0.2, 0.25) is 0 Å². The predicted octanol–water partition coefficient (Wildman–Crippen LogP) is 2.57. The fourth-order valence-electron chi connectivity index (χ4n) is 3.13. The number of nitrogens with zero attached hydrogens (tertiary/aromatic N) is 1. The first kappa shape index (κ1) is 12.6. The van der Waals surface area contributed by atoms with Crippen molar-refractivity contribution in [2.45, 2.75) is 52.8 Å². The molecule has 1 amide bonds. The highest BCUT2D eigenvalue weighted by molar-refractivity contribution is 5.85. The Morgan fingerprint density at radius 2 is 2.29 bits per heavy atom. The Morgan fingerprint density at radius 3 is 2.82 bits per heavy atom. The molecule has 0 spiro atoms. The highest BCUT2D eigenvalue weighted by atomic mass is 16.5. The summed E-state index contributed by atoms with van der Waals surface area (Å²) in [6.07, 6.45) is 1.58. The van der Waals surface area contributed by atoms with Crippen molar-refractivity contribution < 1.29 is 9.53 Å². The van der Waals surface area contributed by atoms with Crippen molar-refractivity contribution in [3.8, 4) is 0 Å². The van der Waals surface area contributed by atoms with Gasteiger partial charge in [0.1, 0.15) is 6.23 Å². The van der Waals surface area contributed by atoms with E-state index in [-0.39, 0.29) is 23.6 Å². The molecule has 2 heterocycles. The van der Waals surface area contributed by atoms with Gasteiger partial charge in [0.25, 0.3) is 0 Å². The van der Waals surface area contributed by atoms with Gasteiger partial charge in [-0.05, 0) is 19.3 Å². The lowest BCUT2D eigenvalue weighted by Gasteiger charge is -2.28. The monoisotopic (exact) mass is 237 g/mol. The number of carbonyl (C=O) groups excluding carboxylic acids is 1. The van der Waals surface area contributed by atoms with Gasteiger partial charge in [0.05, 0.1) is 18.1 Å². The zero-order valence-corrected chi connectivity index (χ0v) is 11.3. The standard InChI is InChI=1S/C14H23NO2/c1-9(2)6-14(5)7-12-15(13(14)16)11(8-17-12)10(3)4/h10-12H,1,6-8H2,2-5H3/t11-,12-,14-/m1/s1. The average Bonchev–Trinajstić information content (AvgIpc) is 2.66. The molecular formula is C14H23NO2. The van der Waals surface area contributed by atoms with Crippen molar-refractivity contribution in [1.82, 2.24) is 4.90 Å². The van der Waals surface area contributed by atoms with Crippen LogP contribution in [0.25, 0.3) is 0 Å². The molecular weight excluding hydrogens is 214 g/mol. The van der Waals surface area contributed by atoms with Crippen LogP contribution in [0.15, 0.2) is 12.2 Å². The zero-order chi connectivity index (χ0) is 12.8. The molecule has 0 aromatic heterocycles. The molecule has 0 radical (unpaired) electrons. The number of fused-ring (bicyclic) bond motifs is 1. The van der Waals surface area contributed by atoms with Gasteiger partial charge in [-0.25, -0.2) is 0 Å². The molecule has 0 saturated carbocycles. The van der Waals surface area contributed by atoms with Crippen molar-refractivity contribution in [3.63, 3.8) is 0 Å². The predicted molar refractivity (Wildman–Crippen MR) is 67.4 cm³/mol. The number of allylic oxidation sites excluding steroid dienone is 1. The van der Waals surface area contributed by atoms with E-state index >= 15 is 0 Å². The summed E-state index contributed by atoms with van der Waals surface area (Å²) in [5.74, 6) is 0.706. The fraction of sp³-hybridized carbons (Fsp3) is 0.786. The third-order valence-corrected chi connectivity index (χ3v) is 3.96.